The number of carbonyl (C=O) groups is 1. The lowest BCUT2D eigenvalue weighted by atomic mass is 10.0. The lowest BCUT2D eigenvalue weighted by molar-refractivity contribution is 0.100. The Balaban J connectivity index is 1.78. The summed E-state index contributed by atoms with van der Waals surface area (Å²) in [4.78, 5) is 21.0. The molecule has 7 nitrogen and oxygen atoms in total. The van der Waals surface area contributed by atoms with Gasteiger partial charge in [-0.3, -0.25) is 9.20 Å². The SMILES string of the molecule is NC(=O)c1ccccc1-c1cn2c(Cn3cncn3)csc2n1. The average Bonchev–Trinajstić information content (AvgIpc) is 3.26. The van der Waals surface area contributed by atoms with Crippen molar-refractivity contribution in [2.45, 2.75) is 6.54 Å². The van der Waals surface area contributed by atoms with E-state index in [1.807, 2.05) is 28.1 Å². The maximum absolute atomic E-state index is 11.6. The predicted molar refractivity (Wildman–Crippen MR) is 86.1 cm³/mol. The highest BCUT2D eigenvalue weighted by Crippen LogP contribution is 2.26. The summed E-state index contributed by atoms with van der Waals surface area (Å²) in [6.07, 6.45) is 5.09. The number of imidazole rings is 1. The van der Waals surface area contributed by atoms with E-state index in [1.54, 1.807) is 23.1 Å². The molecule has 3 aromatic heterocycles. The number of fused-ring (bicyclic) bond motifs is 1. The number of primary amides is 1. The Bertz CT molecular complexity index is 985. The van der Waals surface area contributed by atoms with Crippen LogP contribution in [0.2, 0.25) is 0 Å². The van der Waals surface area contributed by atoms with Crippen LogP contribution in [-0.4, -0.2) is 30.1 Å². The number of hydrogen-bond donors (Lipinski definition) is 1. The van der Waals surface area contributed by atoms with Crippen molar-refractivity contribution < 1.29 is 4.79 Å². The second-order valence-corrected chi connectivity index (χ2v) is 5.85. The van der Waals surface area contributed by atoms with Crippen LogP contribution in [0.1, 0.15) is 16.1 Å². The van der Waals surface area contributed by atoms with E-state index in [9.17, 15) is 4.79 Å². The largest absolute Gasteiger partial charge is 0.366 e. The molecule has 0 saturated heterocycles. The van der Waals surface area contributed by atoms with E-state index in [2.05, 4.69) is 15.1 Å². The molecule has 0 fully saturated rings. The molecule has 0 aliphatic heterocycles. The van der Waals surface area contributed by atoms with E-state index in [-0.39, 0.29) is 0 Å². The number of rotatable bonds is 4. The molecule has 0 unspecified atom stereocenters. The van der Waals surface area contributed by atoms with Crippen LogP contribution in [0.5, 0.6) is 0 Å². The van der Waals surface area contributed by atoms with Crippen LogP contribution in [0.3, 0.4) is 0 Å². The average molecular weight is 324 g/mol. The third-order valence-electron chi connectivity index (χ3n) is 3.54. The Morgan fingerprint density at radius 2 is 2.17 bits per heavy atom. The number of nitrogens with two attached hydrogens (primary N) is 1. The monoisotopic (exact) mass is 324 g/mol. The van der Waals surface area contributed by atoms with Crippen molar-refractivity contribution in [2.24, 2.45) is 5.73 Å². The normalized spacial score (nSPS) is 11.1. The fourth-order valence-electron chi connectivity index (χ4n) is 2.47. The topological polar surface area (TPSA) is 91.1 Å². The fourth-order valence-corrected chi connectivity index (χ4v) is 3.34. The van der Waals surface area contributed by atoms with E-state index in [1.165, 1.54) is 17.7 Å². The van der Waals surface area contributed by atoms with Gasteiger partial charge in [0.05, 0.1) is 17.9 Å². The highest BCUT2D eigenvalue weighted by Gasteiger charge is 2.14. The second kappa shape index (κ2) is 5.33. The maximum Gasteiger partial charge on any atom is 0.249 e. The highest BCUT2D eigenvalue weighted by molar-refractivity contribution is 7.15. The van der Waals surface area contributed by atoms with Gasteiger partial charge in [0.15, 0.2) is 4.96 Å². The molecule has 0 aliphatic carbocycles. The minimum Gasteiger partial charge on any atom is -0.366 e. The van der Waals surface area contributed by atoms with Crippen molar-refractivity contribution in [2.75, 3.05) is 0 Å². The molecule has 23 heavy (non-hydrogen) atoms. The minimum atomic E-state index is -0.459. The summed E-state index contributed by atoms with van der Waals surface area (Å²) < 4.78 is 3.75. The molecule has 0 saturated carbocycles. The molecule has 2 N–H and O–H groups in total. The van der Waals surface area contributed by atoms with Crippen molar-refractivity contribution in [1.82, 2.24) is 24.1 Å². The zero-order valence-corrected chi connectivity index (χ0v) is 12.8. The van der Waals surface area contributed by atoms with Gasteiger partial charge >= 0.3 is 0 Å². The molecular formula is C15H12N6OS. The van der Waals surface area contributed by atoms with Crippen LogP contribution < -0.4 is 5.73 Å². The molecule has 4 aromatic rings. The summed E-state index contributed by atoms with van der Waals surface area (Å²) in [7, 11) is 0. The Labute approximate surface area is 135 Å². The lowest BCUT2D eigenvalue weighted by Crippen LogP contribution is -2.12. The van der Waals surface area contributed by atoms with E-state index in [0.717, 1.165) is 21.9 Å². The first-order valence-corrected chi connectivity index (χ1v) is 7.77. The summed E-state index contributed by atoms with van der Waals surface area (Å²) in [6, 6.07) is 7.22. The third kappa shape index (κ3) is 2.38. The van der Waals surface area contributed by atoms with Crippen molar-refractivity contribution in [1.29, 1.82) is 0 Å². The molecular weight excluding hydrogens is 312 g/mol. The van der Waals surface area contributed by atoms with Gasteiger partial charge in [-0.2, -0.15) is 5.10 Å². The Morgan fingerprint density at radius 1 is 1.30 bits per heavy atom. The van der Waals surface area contributed by atoms with Crippen molar-refractivity contribution in [3.05, 3.63) is 59.8 Å². The van der Waals surface area contributed by atoms with Gasteiger partial charge in [0.2, 0.25) is 5.91 Å². The zero-order valence-electron chi connectivity index (χ0n) is 12.0. The number of benzene rings is 1. The fraction of sp³-hybridized carbons (Fsp3) is 0.0667. The van der Waals surface area contributed by atoms with Gasteiger partial charge in [-0.05, 0) is 6.07 Å². The Morgan fingerprint density at radius 3 is 2.96 bits per heavy atom. The number of nitrogens with zero attached hydrogens (tertiary/aromatic N) is 5. The number of carbonyl (C=O) groups excluding carboxylic acids is 1. The molecule has 0 bridgehead atoms. The molecule has 0 radical (unpaired) electrons. The highest BCUT2D eigenvalue weighted by atomic mass is 32.1. The van der Waals surface area contributed by atoms with E-state index in [4.69, 9.17) is 5.73 Å². The van der Waals surface area contributed by atoms with Gasteiger partial charge in [0.25, 0.3) is 0 Å². The van der Waals surface area contributed by atoms with Gasteiger partial charge in [-0.25, -0.2) is 14.6 Å². The predicted octanol–water partition coefficient (Wildman–Crippen LogP) is 1.80. The van der Waals surface area contributed by atoms with Gasteiger partial charge in [-0.1, -0.05) is 18.2 Å². The summed E-state index contributed by atoms with van der Waals surface area (Å²) >= 11 is 1.54. The van der Waals surface area contributed by atoms with Crippen molar-refractivity contribution >= 4 is 22.2 Å². The molecule has 3 heterocycles. The zero-order chi connectivity index (χ0) is 15.8. The van der Waals surface area contributed by atoms with E-state index < -0.39 is 5.91 Å². The Hall–Kier alpha value is -3.00. The van der Waals surface area contributed by atoms with Crippen LogP contribution >= 0.6 is 11.3 Å². The van der Waals surface area contributed by atoms with Crippen LogP contribution in [-0.2, 0) is 6.54 Å². The molecule has 8 heteroatoms. The van der Waals surface area contributed by atoms with Gasteiger partial charge in [0, 0.05) is 22.7 Å². The van der Waals surface area contributed by atoms with E-state index in [0.29, 0.717) is 12.1 Å². The van der Waals surface area contributed by atoms with Gasteiger partial charge in [0.1, 0.15) is 12.7 Å². The molecule has 0 aliphatic rings. The summed E-state index contributed by atoms with van der Waals surface area (Å²) in [5.74, 6) is -0.459. The van der Waals surface area contributed by atoms with Crippen molar-refractivity contribution in [3.8, 4) is 11.3 Å². The number of hydrogen-bond acceptors (Lipinski definition) is 5. The third-order valence-corrected chi connectivity index (χ3v) is 4.43. The lowest BCUT2D eigenvalue weighted by Gasteiger charge is -2.02. The first-order chi connectivity index (χ1) is 11.2. The quantitative estimate of drug-likeness (QED) is 0.619. The van der Waals surface area contributed by atoms with Crippen molar-refractivity contribution in [3.63, 3.8) is 0 Å². The smallest absolute Gasteiger partial charge is 0.249 e. The minimum absolute atomic E-state index is 0.459. The number of thiazole rings is 1. The van der Waals surface area contributed by atoms with Gasteiger partial charge in [-0.15, -0.1) is 11.3 Å². The van der Waals surface area contributed by atoms with Crippen LogP contribution in [0, 0.1) is 0 Å². The summed E-state index contributed by atoms with van der Waals surface area (Å²) in [5.41, 5.74) is 8.43. The van der Waals surface area contributed by atoms with Gasteiger partial charge < -0.3 is 5.73 Å². The molecule has 0 atom stereocenters. The summed E-state index contributed by atoms with van der Waals surface area (Å²) in [6.45, 7) is 0.604. The first kappa shape index (κ1) is 13.6. The first-order valence-electron chi connectivity index (χ1n) is 6.89. The second-order valence-electron chi connectivity index (χ2n) is 5.01. The molecule has 4 rings (SSSR count). The van der Waals surface area contributed by atoms with Crippen LogP contribution in [0.15, 0.2) is 48.5 Å². The Kier molecular flexibility index (Phi) is 3.16. The van der Waals surface area contributed by atoms with Crippen LogP contribution in [0.4, 0.5) is 0 Å². The molecule has 1 aromatic carbocycles. The molecule has 114 valence electrons. The van der Waals surface area contributed by atoms with Crippen LogP contribution in [0.25, 0.3) is 16.2 Å². The number of amides is 1. The molecule has 1 amide bonds. The molecule has 0 spiro atoms. The van der Waals surface area contributed by atoms with E-state index >= 15 is 0 Å². The number of aromatic nitrogens is 5. The standard InChI is InChI=1S/C15H12N6OS/c16-14(22)12-4-2-1-3-11(12)13-6-21-10(7-23-15(21)19-13)5-20-9-17-8-18-20/h1-4,6-9H,5H2,(H2,16,22). The summed E-state index contributed by atoms with van der Waals surface area (Å²) in [5, 5.41) is 6.15. The maximum atomic E-state index is 11.6.